The van der Waals surface area contributed by atoms with Gasteiger partial charge in [-0.3, -0.25) is 24.7 Å². The van der Waals surface area contributed by atoms with E-state index in [1.54, 1.807) is 48.5 Å². The van der Waals surface area contributed by atoms with Gasteiger partial charge in [0.2, 0.25) is 11.0 Å². The minimum Gasteiger partial charge on any atom is -0.326 e. The van der Waals surface area contributed by atoms with Crippen molar-refractivity contribution in [3.05, 3.63) is 93.5 Å². The van der Waals surface area contributed by atoms with E-state index in [1.807, 2.05) is 32.0 Å². The van der Waals surface area contributed by atoms with Crippen LogP contribution >= 0.6 is 35.4 Å². The van der Waals surface area contributed by atoms with Crippen LogP contribution in [-0.4, -0.2) is 33.9 Å². The van der Waals surface area contributed by atoms with Crippen LogP contribution in [0.15, 0.2) is 66.7 Å². The molecule has 0 aromatic heterocycles. The largest absolute Gasteiger partial charge is 0.326 e. The minimum absolute atomic E-state index is 0.0361. The zero-order valence-corrected chi connectivity index (χ0v) is 21.7. The molecule has 1 atom stereocenters. The molecule has 10 heteroatoms. The normalized spacial score (nSPS) is 15.3. The highest BCUT2D eigenvalue weighted by Crippen LogP contribution is 2.28. The molecule has 4 rings (SSSR count). The summed E-state index contributed by atoms with van der Waals surface area (Å²) in [6, 6.07) is 17.4. The molecule has 0 spiro atoms. The van der Waals surface area contributed by atoms with E-state index >= 15 is 0 Å². The van der Waals surface area contributed by atoms with Crippen molar-refractivity contribution in [3.8, 4) is 0 Å². The molecule has 3 aromatic rings. The molecule has 0 bridgehead atoms. The van der Waals surface area contributed by atoms with Gasteiger partial charge in [0, 0.05) is 21.3 Å². The fourth-order valence-electron chi connectivity index (χ4n) is 3.83. The molecule has 184 valence electrons. The lowest BCUT2D eigenvalue weighted by Crippen LogP contribution is -2.49. The van der Waals surface area contributed by atoms with E-state index < -0.39 is 23.8 Å². The summed E-state index contributed by atoms with van der Waals surface area (Å²) >= 11 is 17.5. The number of benzene rings is 3. The van der Waals surface area contributed by atoms with Crippen molar-refractivity contribution in [2.75, 3.05) is 10.2 Å². The number of hydrogen-bond acceptors (Lipinski definition) is 4. The molecule has 1 aliphatic rings. The lowest BCUT2D eigenvalue weighted by molar-refractivity contribution is -0.124. The first-order valence-corrected chi connectivity index (χ1v) is 12.2. The summed E-state index contributed by atoms with van der Waals surface area (Å²) in [4.78, 5) is 40.7. The summed E-state index contributed by atoms with van der Waals surface area (Å²) in [7, 11) is 0. The van der Waals surface area contributed by atoms with Crippen LogP contribution < -0.4 is 15.6 Å². The van der Waals surface area contributed by atoms with E-state index in [0.29, 0.717) is 27.0 Å². The molecule has 0 radical (unpaired) electrons. The Morgan fingerprint density at radius 3 is 2.17 bits per heavy atom. The van der Waals surface area contributed by atoms with E-state index in [1.165, 1.54) is 9.91 Å². The Balaban J connectivity index is 1.60. The molecule has 36 heavy (non-hydrogen) atoms. The summed E-state index contributed by atoms with van der Waals surface area (Å²) < 4.78 is 0. The fourth-order valence-corrected chi connectivity index (χ4v) is 4.45. The number of thiocarbonyl (C=S) groups is 1. The molecule has 1 aliphatic heterocycles. The average Bonchev–Trinajstić information content (AvgIpc) is 3.06. The number of hydrazine groups is 1. The maximum Gasteiger partial charge on any atom is 0.269 e. The van der Waals surface area contributed by atoms with Crippen LogP contribution in [0.1, 0.15) is 27.9 Å². The first-order valence-electron chi connectivity index (χ1n) is 11.0. The van der Waals surface area contributed by atoms with Gasteiger partial charge in [-0.05, 0) is 86.2 Å². The number of carbonyl (C=O) groups excluding carboxylic acids is 3. The van der Waals surface area contributed by atoms with Crippen molar-refractivity contribution in [1.29, 1.82) is 0 Å². The van der Waals surface area contributed by atoms with Crippen molar-refractivity contribution < 1.29 is 14.4 Å². The van der Waals surface area contributed by atoms with Gasteiger partial charge in [-0.2, -0.15) is 0 Å². The van der Waals surface area contributed by atoms with Crippen molar-refractivity contribution in [1.82, 2.24) is 10.4 Å². The van der Waals surface area contributed by atoms with Crippen molar-refractivity contribution >= 4 is 69.6 Å². The number of halogens is 2. The van der Waals surface area contributed by atoms with Gasteiger partial charge in [-0.25, -0.2) is 5.01 Å². The number of amides is 3. The molecular formula is C26H22Cl2N4O3S. The van der Waals surface area contributed by atoms with Crippen LogP contribution in [0.5, 0.6) is 0 Å². The van der Waals surface area contributed by atoms with Crippen molar-refractivity contribution in [2.24, 2.45) is 0 Å². The number of anilines is 2. The number of hydrogen-bond donors (Lipinski definition) is 2. The number of nitrogens with zero attached hydrogens (tertiary/aromatic N) is 2. The van der Waals surface area contributed by atoms with Crippen LogP contribution in [0.25, 0.3) is 0 Å². The summed E-state index contributed by atoms with van der Waals surface area (Å²) in [6.07, 6.45) is -0.239. The molecule has 0 aliphatic carbocycles. The Kier molecular flexibility index (Phi) is 7.59. The number of carbonyl (C=O) groups is 3. The summed E-state index contributed by atoms with van der Waals surface area (Å²) in [5, 5.41) is 5.11. The highest BCUT2D eigenvalue weighted by molar-refractivity contribution is 7.80. The van der Waals surface area contributed by atoms with Crippen LogP contribution in [0, 0.1) is 13.8 Å². The average molecular weight is 541 g/mol. The minimum atomic E-state index is -1.06. The predicted molar refractivity (Wildman–Crippen MR) is 145 cm³/mol. The molecule has 3 amide bonds. The van der Waals surface area contributed by atoms with Gasteiger partial charge < -0.3 is 5.32 Å². The second-order valence-electron chi connectivity index (χ2n) is 8.34. The van der Waals surface area contributed by atoms with Crippen molar-refractivity contribution in [2.45, 2.75) is 26.3 Å². The number of aryl methyl sites for hydroxylation is 2. The second-order valence-corrected chi connectivity index (χ2v) is 9.57. The Hall–Kier alpha value is -3.46. The Morgan fingerprint density at radius 2 is 1.56 bits per heavy atom. The van der Waals surface area contributed by atoms with Gasteiger partial charge in [0.25, 0.3) is 11.8 Å². The maximum atomic E-state index is 13.5. The first kappa shape index (κ1) is 25.6. The van der Waals surface area contributed by atoms with Crippen LogP contribution in [0.3, 0.4) is 0 Å². The van der Waals surface area contributed by atoms with Crippen molar-refractivity contribution in [3.63, 3.8) is 0 Å². The molecule has 1 heterocycles. The van der Waals surface area contributed by atoms with E-state index in [2.05, 4.69) is 10.7 Å². The fraction of sp³-hybridized carbons (Fsp3) is 0.154. The Labute approximate surface area is 223 Å². The standard InChI is InChI=1S/C26H22Cl2N4O3S/c1-15-3-12-21(16(2)13-15)29-23(33)14-22-25(35)31(20-10-8-19(28)9-11-20)26(36)32(22)30-24(34)17-4-6-18(27)7-5-17/h3-13,22H,14H2,1-2H3,(H,29,33)(H,30,34)/t22-/m0/s1. The number of rotatable bonds is 6. The van der Waals surface area contributed by atoms with E-state index in [-0.39, 0.29) is 11.5 Å². The zero-order chi connectivity index (χ0) is 26.0. The highest BCUT2D eigenvalue weighted by Gasteiger charge is 2.45. The third-order valence-electron chi connectivity index (χ3n) is 5.66. The van der Waals surface area contributed by atoms with Crippen LogP contribution in [0.4, 0.5) is 11.4 Å². The second kappa shape index (κ2) is 10.7. The molecule has 7 nitrogen and oxygen atoms in total. The molecule has 1 fully saturated rings. The van der Waals surface area contributed by atoms with Crippen LogP contribution in [0.2, 0.25) is 10.0 Å². The van der Waals surface area contributed by atoms with E-state index in [0.717, 1.165) is 11.1 Å². The first-order chi connectivity index (χ1) is 17.1. The molecular weight excluding hydrogens is 519 g/mol. The van der Waals surface area contributed by atoms with Gasteiger partial charge in [0.15, 0.2) is 0 Å². The third kappa shape index (κ3) is 5.51. The Bertz CT molecular complexity index is 1350. The Morgan fingerprint density at radius 1 is 0.944 bits per heavy atom. The summed E-state index contributed by atoms with van der Waals surface area (Å²) in [5.74, 6) is -1.35. The smallest absolute Gasteiger partial charge is 0.269 e. The topological polar surface area (TPSA) is 81.8 Å². The van der Waals surface area contributed by atoms with Gasteiger partial charge in [-0.15, -0.1) is 0 Å². The van der Waals surface area contributed by atoms with E-state index in [9.17, 15) is 14.4 Å². The summed E-state index contributed by atoms with van der Waals surface area (Å²) in [5.41, 5.74) is 6.08. The monoisotopic (exact) mass is 540 g/mol. The molecule has 2 N–H and O–H groups in total. The predicted octanol–water partition coefficient (Wildman–Crippen LogP) is 5.29. The zero-order valence-electron chi connectivity index (χ0n) is 19.4. The van der Waals surface area contributed by atoms with Crippen LogP contribution in [-0.2, 0) is 9.59 Å². The maximum absolute atomic E-state index is 13.5. The highest BCUT2D eigenvalue weighted by atomic mass is 35.5. The van der Waals surface area contributed by atoms with Gasteiger partial charge in [-0.1, -0.05) is 40.9 Å². The SMILES string of the molecule is Cc1ccc(NC(=O)C[C@H]2C(=O)N(c3ccc(Cl)cc3)C(=S)N2NC(=O)c2ccc(Cl)cc2)c(C)c1. The third-order valence-corrected chi connectivity index (χ3v) is 6.55. The number of nitrogens with one attached hydrogen (secondary N) is 2. The molecule has 0 saturated carbocycles. The molecule has 1 saturated heterocycles. The van der Waals surface area contributed by atoms with Gasteiger partial charge in [0.1, 0.15) is 6.04 Å². The lowest BCUT2D eigenvalue weighted by atomic mass is 10.1. The van der Waals surface area contributed by atoms with Gasteiger partial charge in [0.05, 0.1) is 12.1 Å². The molecule has 0 unspecified atom stereocenters. The van der Waals surface area contributed by atoms with Gasteiger partial charge >= 0.3 is 0 Å². The molecule has 3 aromatic carbocycles. The quantitative estimate of drug-likeness (QED) is 0.415. The summed E-state index contributed by atoms with van der Waals surface area (Å²) in [6.45, 7) is 3.85. The lowest BCUT2D eigenvalue weighted by Gasteiger charge is -2.24. The van der Waals surface area contributed by atoms with E-state index in [4.69, 9.17) is 35.4 Å².